The van der Waals surface area contributed by atoms with Crippen molar-refractivity contribution < 1.29 is 9.72 Å². The van der Waals surface area contributed by atoms with E-state index in [-0.39, 0.29) is 22.4 Å². The lowest BCUT2D eigenvalue weighted by Crippen LogP contribution is -2.18. The summed E-state index contributed by atoms with van der Waals surface area (Å²) in [5.74, 6) is -0.286. The minimum Gasteiger partial charge on any atom is -0.322 e. The van der Waals surface area contributed by atoms with Gasteiger partial charge in [-0.2, -0.15) is 0 Å². The van der Waals surface area contributed by atoms with Gasteiger partial charge in [0.05, 0.1) is 4.92 Å². The zero-order valence-corrected chi connectivity index (χ0v) is 16.2. The largest absolute Gasteiger partial charge is 0.322 e. The van der Waals surface area contributed by atoms with E-state index in [1.165, 1.54) is 24.3 Å². The van der Waals surface area contributed by atoms with Crippen molar-refractivity contribution in [2.45, 2.75) is 52.4 Å². The number of nitrogens with zero attached hydrogens (tertiary/aromatic N) is 1. The van der Waals surface area contributed by atoms with Crippen LogP contribution in [0.15, 0.2) is 42.5 Å². The number of carbonyl (C=O) groups is 1. The Hall–Kier alpha value is -2.69. The molecule has 26 heavy (non-hydrogen) atoms. The molecule has 0 aliphatic heterocycles. The van der Waals surface area contributed by atoms with Gasteiger partial charge < -0.3 is 5.32 Å². The maximum Gasteiger partial charge on any atom is 0.269 e. The van der Waals surface area contributed by atoms with Crippen molar-refractivity contribution >= 4 is 17.3 Å². The number of nitro groups is 1. The number of non-ortho nitro benzene ring substituents is 1. The zero-order chi connectivity index (χ0) is 19.7. The van der Waals surface area contributed by atoms with Gasteiger partial charge in [-0.15, -0.1) is 0 Å². The predicted molar refractivity (Wildman–Crippen MR) is 105 cm³/mol. The van der Waals surface area contributed by atoms with Crippen LogP contribution in [0.1, 0.15) is 63.0 Å². The summed E-state index contributed by atoms with van der Waals surface area (Å²) in [6.45, 7) is 12.8. The second kappa shape index (κ2) is 6.90. The zero-order valence-electron chi connectivity index (χ0n) is 16.2. The number of benzene rings is 2. The number of nitrogens with one attached hydrogen (secondary N) is 1. The van der Waals surface area contributed by atoms with E-state index in [0.717, 1.165) is 16.8 Å². The summed E-state index contributed by atoms with van der Waals surface area (Å²) in [5.41, 5.74) is 3.27. The average molecular weight is 354 g/mol. The lowest BCUT2D eigenvalue weighted by atomic mass is 9.80. The molecule has 0 heterocycles. The average Bonchev–Trinajstić information content (AvgIpc) is 2.53. The van der Waals surface area contributed by atoms with Crippen LogP contribution in [-0.4, -0.2) is 10.8 Å². The van der Waals surface area contributed by atoms with E-state index >= 15 is 0 Å². The Morgan fingerprint density at radius 2 is 1.35 bits per heavy atom. The summed E-state index contributed by atoms with van der Waals surface area (Å²) in [6.07, 6.45) is 0. The van der Waals surface area contributed by atoms with E-state index in [1.807, 2.05) is 12.1 Å². The highest BCUT2D eigenvalue weighted by Crippen LogP contribution is 2.32. The lowest BCUT2D eigenvalue weighted by Gasteiger charge is -2.26. The first-order valence-electron chi connectivity index (χ1n) is 8.60. The Morgan fingerprint density at radius 3 is 1.73 bits per heavy atom. The molecule has 1 amide bonds. The molecule has 0 aliphatic rings. The molecule has 2 aromatic rings. The number of hydrogen-bond acceptors (Lipinski definition) is 3. The molecule has 5 nitrogen and oxygen atoms in total. The molecule has 5 heteroatoms. The fraction of sp³-hybridized carbons (Fsp3) is 0.381. The quantitative estimate of drug-likeness (QED) is 0.589. The Balaban J connectivity index is 2.35. The second-order valence-electron chi connectivity index (χ2n) is 8.56. The molecule has 2 aromatic carbocycles. The van der Waals surface area contributed by atoms with Crippen molar-refractivity contribution in [1.29, 1.82) is 0 Å². The van der Waals surface area contributed by atoms with Gasteiger partial charge in [-0.1, -0.05) is 47.6 Å². The van der Waals surface area contributed by atoms with Crippen molar-refractivity contribution in [2.75, 3.05) is 5.32 Å². The van der Waals surface area contributed by atoms with Crippen LogP contribution in [0.3, 0.4) is 0 Å². The molecule has 1 N–H and O–H groups in total. The molecule has 0 bridgehead atoms. The third-order valence-corrected chi connectivity index (χ3v) is 4.26. The molecule has 0 fully saturated rings. The molecular weight excluding hydrogens is 328 g/mol. The number of carbonyl (C=O) groups excluding carboxylic acids is 1. The molecule has 0 saturated carbocycles. The van der Waals surface area contributed by atoms with Crippen LogP contribution in [-0.2, 0) is 10.8 Å². The Bertz CT molecular complexity index is 794. The van der Waals surface area contributed by atoms with Crippen LogP contribution in [0.25, 0.3) is 0 Å². The van der Waals surface area contributed by atoms with E-state index in [4.69, 9.17) is 0 Å². The van der Waals surface area contributed by atoms with Crippen molar-refractivity contribution in [3.8, 4) is 0 Å². The molecule has 0 spiro atoms. The maximum absolute atomic E-state index is 12.5. The third-order valence-electron chi connectivity index (χ3n) is 4.26. The lowest BCUT2D eigenvalue weighted by molar-refractivity contribution is -0.384. The standard InChI is InChI=1S/C21H26N2O3/c1-20(2,3)15-11-16(21(4,5)6)13-17(12-15)22-19(24)14-7-9-18(10-8-14)23(25)26/h7-13H,1-6H3,(H,22,24). The summed E-state index contributed by atoms with van der Waals surface area (Å²) in [7, 11) is 0. The monoisotopic (exact) mass is 354 g/mol. The van der Waals surface area contributed by atoms with E-state index in [9.17, 15) is 14.9 Å². The van der Waals surface area contributed by atoms with Gasteiger partial charge >= 0.3 is 0 Å². The Morgan fingerprint density at radius 1 is 0.885 bits per heavy atom. The molecule has 0 unspecified atom stereocenters. The van der Waals surface area contributed by atoms with Crippen LogP contribution in [0.4, 0.5) is 11.4 Å². The van der Waals surface area contributed by atoms with E-state index in [2.05, 4.69) is 52.9 Å². The third kappa shape index (κ3) is 4.69. The summed E-state index contributed by atoms with van der Waals surface area (Å²) >= 11 is 0. The minimum atomic E-state index is -0.482. The van der Waals surface area contributed by atoms with Crippen molar-refractivity contribution in [3.05, 3.63) is 69.3 Å². The smallest absolute Gasteiger partial charge is 0.269 e. The first kappa shape index (κ1) is 19.6. The fourth-order valence-corrected chi connectivity index (χ4v) is 2.50. The molecule has 0 radical (unpaired) electrons. The second-order valence-corrected chi connectivity index (χ2v) is 8.56. The van der Waals surface area contributed by atoms with Crippen LogP contribution in [0.2, 0.25) is 0 Å². The molecule has 138 valence electrons. The van der Waals surface area contributed by atoms with Gasteiger partial charge in [-0.25, -0.2) is 0 Å². The van der Waals surface area contributed by atoms with Crippen LogP contribution in [0.5, 0.6) is 0 Å². The Labute approximate surface area is 154 Å². The SMILES string of the molecule is CC(C)(C)c1cc(NC(=O)c2ccc([N+](=O)[O-])cc2)cc(C(C)(C)C)c1. The van der Waals surface area contributed by atoms with Gasteiger partial charge in [0.25, 0.3) is 11.6 Å². The van der Waals surface area contributed by atoms with Gasteiger partial charge in [0.1, 0.15) is 0 Å². The minimum absolute atomic E-state index is 0.0358. The molecule has 0 saturated heterocycles. The fourth-order valence-electron chi connectivity index (χ4n) is 2.50. The molecule has 0 aromatic heterocycles. The van der Waals surface area contributed by atoms with Crippen LogP contribution in [0, 0.1) is 10.1 Å². The number of rotatable bonds is 3. The molecular formula is C21H26N2O3. The van der Waals surface area contributed by atoms with Gasteiger partial charge in [-0.05, 0) is 46.2 Å². The van der Waals surface area contributed by atoms with Crippen molar-refractivity contribution in [2.24, 2.45) is 0 Å². The van der Waals surface area contributed by atoms with E-state index in [0.29, 0.717) is 5.56 Å². The molecule has 2 rings (SSSR count). The van der Waals surface area contributed by atoms with Crippen LogP contribution < -0.4 is 5.32 Å². The highest BCUT2D eigenvalue weighted by Gasteiger charge is 2.21. The number of anilines is 1. The predicted octanol–water partition coefficient (Wildman–Crippen LogP) is 5.44. The van der Waals surface area contributed by atoms with Crippen molar-refractivity contribution in [1.82, 2.24) is 0 Å². The highest BCUT2D eigenvalue weighted by atomic mass is 16.6. The summed E-state index contributed by atoms with van der Waals surface area (Å²) in [5, 5.41) is 13.7. The number of amides is 1. The first-order chi connectivity index (χ1) is 11.9. The summed E-state index contributed by atoms with van der Waals surface area (Å²) in [4.78, 5) is 22.8. The van der Waals surface area contributed by atoms with Gasteiger partial charge in [0.2, 0.25) is 0 Å². The number of hydrogen-bond donors (Lipinski definition) is 1. The maximum atomic E-state index is 12.5. The van der Waals surface area contributed by atoms with Gasteiger partial charge in [-0.3, -0.25) is 14.9 Å². The normalized spacial score (nSPS) is 11.9. The highest BCUT2D eigenvalue weighted by molar-refractivity contribution is 6.04. The first-order valence-corrected chi connectivity index (χ1v) is 8.60. The topological polar surface area (TPSA) is 72.2 Å². The van der Waals surface area contributed by atoms with Crippen LogP contribution >= 0.6 is 0 Å². The Kier molecular flexibility index (Phi) is 5.21. The van der Waals surface area contributed by atoms with Gasteiger partial charge in [0.15, 0.2) is 0 Å². The van der Waals surface area contributed by atoms with E-state index < -0.39 is 4.92 Å². The van der Waals surface area contributed by atoms with Crippen molar-refractivity contribution in [3.63, 3.8) is 0 Å². The molecule has 0 aliphatic carbocycles. The summed E-state index contributed by atoms with van der Waals surface area (Å²) in [6, 6.07) is 11.7. The molecule has 0 atom stereocenters. The summed E-state index contributed by atoms with van der Waals surface area (Å²) < 4.78 is 0. The number of nitro benzene ring substituents is 1. The van der Waals surface area contributed by atoms with Gasteiger partial charge in [0, 0.05) is 23.4 Å². The van der Waals surface area contributed by atoms with E-state index in [1.54, 1.807) is 0 Å².